The van der Waals surface area contributed by atoms with E-state index in [1.54, 1.807) is 20.8 Å². The lowest BCUT2D eigenvalue weighted by Crippen LogP contribution is -2.62. The van der Waals surface area contributed by atoms with Crippen LogP contribution in [0.4, 0.5) is 0 Å². The van der Waals surface area contributed by atoms with Crippen LogP contribution in [0.15, 0.2) is 0 Å². The van der Waals surface area contributed by atoms with Crippen LogP contribution in [-0.4, -0.2) is 68.7 Å². The van der Waals surface area contributed by atoms with E-state index >= 15 is 0 Å². The van der Waals surface area contributed by atoms with Gasteiger partial charge in [-0.05, 0) is 165 Å². The highest BCUT2D eigenvalue weighted by Gasteiger charge is 2.48. The zero-order valence-electron chi connectivity index (χ0n) is 42.9. The van der Waals surface area contributed by atoms with Gasteiger partial charge in [0.25, 0.3) is 0 Å². The fraction of sp³-hybridized carbons (Fsp3) is 0.690. The minimum Gasteiger partial charge on any atom is -0.462 e. The molecule has 2 fully saturated rings. The van der Waals surface area contributed by atoms with Crippen molar-refractivity contribution in [1.29, 1.82) is 0 Å². The Morgan fingerprint density at radius 1 is 0.576 bits per heavy atom. The van der Waals surface area contributed by atoms with Gasteiger partial charge in [0.2, 0.25) is 0 Å². The molecule has 0 amide bonds. The van der Waals surface area contributed by atoms with E-state index in [2.05, 4.69) is 162 Å². The summed E-state index contributed by atoms with van der Waals surface area (Å²) in [6.07, 6.45) is 23.1. The molecule has 0 aromatic rings. The summed E-state index contributed by atoms with van der Waals surface area (Å²) in [6, 6.07) is 0. The van der Waals surface area contributed by atoms with Gasteiger partial charge in [-0.1, -0.05) is 103 Å². The van der Waals surface area contributed by atoms with Gasteiger partial charge >= 0.3 is 11.9 Å². The van der Waals surface area contributed by atoms with E-state index in [0.717, 1.165) is 38.5 Å². The molecule has 8 heteroatoms. The zero-order valence-corrected chi connectivity index (χ0v) is 42.9. The molecule has 2 aliphatic heterocycles. The molecule has 2 N–H and O–H groups in total. The summed E-state index contributed by atoms with van der Waals surface area (Å²) in [5.74, 6) is 39.4. The predicted octanol–water partition coefficient (Wildman–Crippen LogP) is 14.1. The standard InChI is InChI=1S/C31H61NO4.C27H21NO2.15H2/c1-8-9-10-11-12-13-14-15-16-17-18-19-20-21-22-23-28(33)36-27-24-29(2,3)32(30(4,5)25-27)35-26-31(6,7)34;1-6-7-8-9-10-11-12-13-14-15-16-17-18-19-20-21-25(29)30-24-22-26(2,3)28-27(4,5)23-24;;;;;;;;;;;;;;;/h27,34H,8-26H2,1-7H3;24,28H,22-23H2,1-5H3;15*1H. The molecule has 0 aliphatic carbocycles. The lowest BCUT2D eigenvalue weighted by molar-refractivity contribution is -0.306. The van der Waals surface area contributed by atoms with Crippen LogP contribution < -0.4 is 5.32 Å². The first kappa shape index (κ1) is 59.3. The number of carbonyl (C=O) groups excluding carboxylic acids is 2. The lowest BCUT2D eigenvalue weighted by Gasteiger charge is -2.53. The number of rotatable bonds is 21. The Balaban J connectivity index is -0.0000000705. The predicted molar refractivity (Wildman–Crippen MR) is 301 cm³/mol. The topological polar surface area (TPSA) is 97.3 Å². The van der Waals surface area contributed by atoms with Crippen LogP contribution in [0.3, 0.4) is 0 Å². The van der Waals surface area contributed by atoms with Crippen LogP contribution in [0.1, 0.15) is 233 Å². The summed E-state index contributed by atoms with van der Waals surface area (Å²) in [5, 5.41) is 15.6. The second kappa shape index (κ2) is 32.0. The number of aliphatic hydroxyl groups is 1. The first-order chi connectivity index (χ1) is 31.1. The lowest BCUT2D eigenvalue weighted by atomic mass is 9.80. The average Bonchev–Trinajstić information content (AvgIpc) is 3.18. The number of nitrogens with zero attached hydrogens (tertiary/aromatic N) is 1. The van der Waals surface area contributed by atoms with Gasteiger partial charge in [-0.25, -0.2) is 4.79 Å². The van der Waals surface area contributed by atoms with Gasteiger partial charge in [0.15, 0.2) is 0 Å². The van der Waals surface area contributed by atoms with Crippen molar-refractivity contribution in [2.75, 3.05) is 6.61 Å². The number of hydroxylamine groups is 2. The van der Waals surface area contributed by atoms with E-state index in [4.69, 9.17) is 14.3 Å². The van der Waals surface area contributed by atoms with Gasteiger partial charge in [-0.2, -0.15) is 5.06 Å². The van der Waals surface area contributed by atoms with Crippen LogP contribution in [0.2, 0.25) is 0 Å². The highest BCUT2D eigenvalue weighted by Crippen LogP contribution is 2.40. The molecule has 8 nitrogen and oxygen atoms in total. The molecule has 0 saturated carbocycles. The largest absolute Gasteiger partial charge is 0.462 e. The number of unbranched alkanes of at least 4 members (excludes halogenated alkanes) is 14. The van der Waals surface area contributed by atoms with Crippen LogP contribution in [0.25, 0.3) is 0 Å². The molecule has 390 valence electrons. The molecule has 0 aromatic carbocycles. The van der Waals surface area contributed by atoms with Crippen LogP contribution in [-0.2, 0) is 23.9 Å². The van der Waals surface area contributed by atoms with E-state index in [0.29, 0.717) is 6.42 Å². The highest BCUT2D eigenvalue weighted by atomic mass is 16.7. The summed E-state index contributed by atoms with van der Waals surface area (Å²) in [7, 11) is 0. The monoisotopic (exact) mass is 933 g/mol. The maximum absolute atomic E-state index is 12.5. The van der Waals surface area contributed by atoms with Crippen molar-refractivity contribution < 1.29 is 50.4 Å². The minimum atomic E-state index is -0.886. The third-order valence-corrected chi connectivity index (χ3v) is 10.9. The molecular weight excluding hydrogens is 821 g/mol. The normalized spacial score (nSPS) is 16.5. The van der Waals surface area contributed by atoms with Crippen LogP contribution >= 0.6 is 0 Å². The molecule has 0 unspecified atom stereocenters. The van der Waals surface area contributed by atoms with Crippen molar-refractivity contribution in [2.24, 2.45) is 0 Å². The number of hydrogen-bond acceptors (Lipinski definition) is 8. The quantitative estimate of drug-likeness (QED) is 0.0508. The van der Waals surface area contributed by atoms with Crippen molar-refractivity contribution >= 4 is 11.9 Å². The van der Waals surface area contributed by atoms with E-state index in [-0.39, 0.29) is 68.3 Å². The van der Waals surface area contributed by atoms with Gasteiger partial charge in [-0.3, -0.25) is 9.63 Å². The Kier molecular flexibility index (Phi) is 28.8. The zero-order chi connectivity index (χ0) is 49.4. The number of piperidine rings is 2. The van der Waals surface area contributed by atoms with Crippen LogP contribution in [0, 0.1) is 94.7 Å². The van der Waals surface area contributed by atoms with Crippen molar-refractivity contribution in [2.45, 2.75) is 251 Å². The van der Waals surface area contributed by atoms with Crippen molar-refractivity contribution in [3.05, 3.63) is 0 Å². The molecule has 0 atom stereocenters. The summed E-state index contributed by atoms with van der Waals surface area (Å²) in [5.41, 5.74) is -1.67. The van der Waals surface area contributed by atoms with Gasteiger partial charge in [0.05, 0.1) is 12.2 Å². The third kappa shape index (κ3) is 30.5. The molecule has 2 aliphatic rings. The average molecular weight is 934 g/mol. The Labute approximate surface area is 425 Å². The highest BCUT2D eigenvalue weighted by molar-refractivity contribution is 5.89. The summed E-state index contributed by atoms with van der Waals surface area (Å²) < 4.78 is 11.4. The number of nitrogens with one attached hydrogen (secondary N) is 1. The van der Waals surface area contributed by atoms with E-state index in [1.807, 2.05) is 5.06 Å². The van der Waals surface area contributed by atoms with E-state index in [1.165, 1.54) is 83.5 Å². The Morgan fingerprint density at radius 2 is 0.939 bits per heavy atom. The SMILES string of the molecule is CC#CC#CC#CC#CC#CC#CC#CC#CC(=O)OC1CC(C)(C)NC(C)(C)C1.CCCCCCCCCCCCCCCCCC(=O)OC1CC(C)(C)N(OCC(C)(C)O)C(C)(C)C1.[HH].[HH].[HH].[HH].[HH].[HH].[HH].[HH].[HH].[HH].[HH].[HH].[HH].[HH].[HH]. The maximum Gasteiger partial charge on any atom is 0.385 e. The Morgan fingerprint density at radius 3 is 1.33 bits per heavy atom. The number of ether oxygens (including phenoxy) is 2. The molecular formula is C58H112N2O6. The molecule has 0 radical (unpaired) electrons. The van der Waals surface area contributed by atoms with Gasteiger partial charge in [0, 0.05) is 81.6 Å². The van der Waals surface area contributed by atoms with Crippen LogP contribution in [0.5, 0.6) is 0 Å². The first-order valence-corrected chi connectivity index (χ1v) is 24.4. The molecule has 2 heterocycles. The maximum atomic E-state index is 12.5. The Bertz CT molecular complexity index is 2050. The summed E-state index contributed by atoms with van der Waals surface area (Å²) in [4.78, 5) is 30.4. The second-order valence-electron chi connectivity index (χ2n) is 20.7. The molecule has 2 saturated heterocycles. The fourth-order valence-electron chi connectivity index (χ4n) is 8.73. The molecule has 2 rings (SSSR count). The van der Waals surface area contributed by atoms with Crippen molar-refractivity contribution in [3.63, 3.8) is 0 Å². The summed E-state index contributed by atoms with van der Waals surface area (Å²) >= 11 is 0. The fourth-order valence-corrected chi connectivity index (χ4v) is 8.73. The number of esters is 2. The van der Waals surface area contributed by atoms with Gasteiger partial charge in [-0.15, -0.1) is 0 Å². The third-order valence-electron chi connectivity index (χ3n) is 10.9. The van der Waals surface area contributed by atoms with Gasteiger partial charge < -0.3 is 19.9 Å². The second-order valence-corrected chi connectivity index (χ2v) is 20.7. The molecule has 66 heavy (non-hydrogen) atoms. The number of hydrogen-bond donors (Lipinski definition) is 2. The van der Waals surface area contributed by atoms with Gasteiger partial charge in [0.1, 0.15) is 12.2 Å². The smallest absolute Gasteiger partial charge is 0.385 e. The molecule has 0 spiro atoms. The van der Waals surface area contributed by atoms with E-state index < -0.39 is 11.6 Å². The number of carbonyl (C=O) groups is 2. The molecule has 0 bridgehead atoms. The Hall–Kier alpha value is -4.74. The molecule has 0 aromatic heterocycles. The minimum absolute atomic E-state index is 0. The van der Waals surface area contributed by atoms with Crippen molar-refractivity contribution in [3.8, 4) is 94.7 Å². The van der Waals surface area contributed by atoms with Crippen molar-refractivity contribution in [1.82, 2.24) is 10.4 Å². The first-order valence-electron chi connectivity index (χ1n) is 24.4. The summed E-state index contributed by atoms with van der Waals surface area (Å²) in [6.45, 7) is 24.5. The van der Waals surface area contributed by atoms with E-state index in [9.17, 15) is 14.7 Å².